The van der Waals surface area contributed by atoms with Crippen molar-refractivity contribution in [2.24, 2.45) is 25.4 Å². The molecule has 0 amide bonds. The van der Waals surface area contributed by atoms with Crippen molar-refractivity contribution in [3.8, 4) is 11.5 Å². The molecule has 5 rings (SSSR count). The van der Waals surface area contributed by atoms with Crippen LogP contribution in [-0.2, 0) is 0 Å². The van der Waals surface area contributed by atoms with E-state index in [4.69, 9.17) is 11.6 Å². The van der Waals surface area contributed by atoms with Crippen molar-refractivity contribution in [3.05, 3.63) is 95.5 Å². The molecule has 0 saturated carbocycles. The lowest BCUT2D eigenvalue weighted by atomic mass is 10.2. The van der Waals surface area contributed by atoms with Gasteiger partial charge in [0, 0.05) is 22.9 Å². The van der Waals surface area contributed by atoms with Crippen molar-refractivity contribution in [3.63, 3.8) is 0 Å². The summed E-state index contributed by atoms with van der Waals surface area (Å²) in [5.41, 5.74) is 3.16. The zero-order chi connectivity index (χ0) is 24.9. The molecule has 0 spiro atoms. The standard InChI is InChI=1S/C26H17ClN6O2S/c27-17-4-3-5-18(13-17)30-32-21-10-9-20(34)14-23(21)28-15-16-12-19(8-11-24(16)35)31-33-26-29-22-6-1-2-7-25(22)36-26/h1-15,34-35H. The van der Waals surface area contributed by atoms with E-state index in [1.165, 1.54) is 35.8 Å². The minimum absolute atomic E-state index is 0.0138. The number of phenols is 2. The van der Waals surface area contributed by atoms with Gasteiger partial charge in [0.2, 0.25) is 5.13 Å². The summed E-state index contributed by atoms with van der Waals surface area (Å²) in [6, 6.07) is 24.1. The quantitative estimate of drug-likeness (QED) is 0.175. The molecule has 0 radical (unpaired) electrons. The van der Waals surface area contributed by atoms with E-state index in [9.17, 15) is 10.2 Å². The maximum absolute atomic E-state index is 10.3. The molecule has 36 heavy (non-hydrogen) atoms. The van der Waals surface area contributed by atoms with Gasteiger partial charge in [-0.15, -0.1) is 15.3 Å². The minimum atomic E-state index is 0.0138. The molecule has 176 valence electrons. The summed E-state index contributed by atoms with van der Waals surface area (Å²) in [5, 5.41) is 38.2. The van der Waals surface area contributed by atoms with Crippen LogP contribution in [0.2, 0.25) is 5.02 Å². The summed E-state index contributed by atoms with van der Waals surface area (Å²) >= 11 is 7.44. The molecule has 1 heterocycles. The predicted octanol–water partition coefficient (Wildman–Crippen LogP) is 8.94. The SMILES string of the molecule is Oc1ccc(N=Nc2cccc(Cl)c2)c(N=Cc2cc(N=Nc3nc4ccccc4s3)ccc2O)c1. The molecule has 5 aromatic rings. The average molecular weight is 513 g/mol. The molecule has 0 bridgehead atoms. The van der Waals surface area contributed by atoms with E-state index in [0.29, 0.717) is 38.5 Å². The van der Waals surface area contributed by atoms with Crippen molar-refractivity contribution in [1.82, 2.24) is 4.98 Å². The number of para-hydroxylation sites is 1. The van der Waals surface area contributed by atoms with Gasteiger partial charge >= 0.3 is 0 Å². The van der Waals surface area contributed by atoms with Crippen molar-refractivity contribution in [2.75, 3.05) is 0 Å². The third-order valence-electron chi connectivity index (χ3n) is 4.93. The van der Waals surface area contributed by atoms with Gasteiger partial charge in [-0.2, -0.15) is 5.11 Å². The third-order valence-corrected chi connectivity index (χ3v) is 6.08. The zero-order valence-electron chi connectivity index (χ0n) is 18.5. The molecule has 0 aliphatic carbocycles. The maximum Gasteiger partial charge on any atom is 0.231 e. The number of aliphatic imine (C=N–C) groups is 1. The molecule has 0 unspecified atom stereocenters. The zero-order valence-corrected chi connectivity index (χ0v) is 20.1. The van der Waals surface area contributed by atoms with Crippen molar-refractivity contribution < 1.29 is 10.2 Å². The monoisotopic (exact) mass is 512 g/mol. The number of hydrogen-bond donors (Lipinski definition) is 2. The Kier molecular flexibility index (Phi) is 6.74. The maximum atomic E-state index is 10.3. The van der Waals surface area contributed by atoms with E-state index in [2.05, 4.69) is 30.4 Å². The van der Waals surface area contributed by atoms with Crippen LogP contribution in [-0.4, -0.2) is 21.4 Å². The molecule has 8 nitrogen and oxygen atoms in total. The summed E-state index contributed by atoms with van der Waals surface area (Å²) in [6.45, 7) is 0. The number of benzene rings is 4. The molecule has 4 aromatic carbocycles. The van der Waals surface area contributed by atoms with Crippen LogP contribution >= 0.6 is 22.9 Å². The number of azo groups is 2. The van der Waals surface area contributed by atoms with Crippen molar-refractivity contribution >= 4 is 67.3 Å². The van der Waals surface area contributed by atoms with Crippen LogP contribution in [0.3, 0.4) is 0 Å². The van der Waals surface area contributed by atoms with Crippen molar-refractivity contribution in [2.45, 2.75) is 0 Å². The Morgan fingerprint density at radius 1 is 0.750 bits per heavy atom. The Balaban J connectivity index is 1.39. The van der Waals surface area contributed by atoms with Crippen LogP contribution in [0, 0.1) is 0 Å². The lowest BCUT2D eigenvalue weighted by Gasteiger charge is -2.03. The van der Waals surface area contributed by atoms with E-state index in [0.717, 1.165) is 10.2 Å². The fraction of sp³-hybridized carbons (Fsp3) is 0. The first-order valence-corrected chi connectivity index (χ1v) is 11.9. The molecule has 1 aromatic heterocycles. The Morgan fingerprint density at radius 2 is 1.58 bits per heavy atom. The minimum Gasteiger partial charge on any atom is -0.508 e. The molecule has 2 N–H and O–H groups in total. The van der Waals surface area contributed by atoms with Gasteiger partial charge in [-0.3, -0.25) is 4.99 Å². The molecule has 0 saturated heterocycles. The van der Waals surface area contributed by atoms with Crippen LogP contribution in [0.25, 0.3) is 10.2 Å². The smallest absolute Gasteiger partial charge is 0.231 e. The Morgan fingerprint density at radius 3 is 2.44 bits per heavy atom. The number of fused-ring (bicyclic) bond motifs is 1. The topological polar surface area (TPSA) is 115 Å². The Hall–Kier alpha value is -4.47. The number of thiazole rings is 1. The predicted molar refractivity (Wildman–Crippen MR) is 143 cm³/mol. The van der Waals surface area contributed by atoms with Crippen LogP contribution in [0.4, 0.5) is 27.9 Å². The normalized spacial score (nSPS) is 11.9. The molecular formula is C26H17ClN6O2S. The van der Waals surface area contributed by atoms with E-state index in [1.54, 1.807) is 42.5 Å². The van der Waals surface area contributed by atoms with Crippen LogP contribution in [0.5, 0.6) is 11.5 Å². The number of nitrogens with zero attached hydrogens (tertiary/aromatic N) is 6. The molecule has 0 fully saturated rings. The van der Waals surface area contributed by atoms with E-state index >= 15 is 0 Å². The van der Waals surface area contributed by atoms with Gasteiger partial charge in [-0.1, -0.05) is 41.1 Å². The first-order valence-electron chi connectivity index (χ1n) is 10.7. The number of hydrogen-bond acceptors (Lipinski definition) is 9. The van der Waals surface area contributed by atoms with Gasteiger partial charge in [0.1, 0.15) is 17.2 Å². The highest BCUT2D eigenvalue weighted by Gasteiger charge is 2.06. The number of rotatable bonds is 6. The van der Waals surface area contributed by atoms with Gasteiger partial charge in [-0.25, -0.2) is 4.98 Å². The highest BCUT2D eigenvalue weighted by molar-refractivity contribution is 7.21. The van der Waals surface area contributed by atoms with Crippen LogP contribution in [0.1, 0.15) is 5.56 Å². The van der Waals surface area contributed by atoms with Crippen molar-refractivity contribution in [1.29, 1.82) is 0 Å². The highest BCUT2D eigenvalue weighted by Crippen LogP contribution is 2.34. The second-order valence-corrected chi connectivity index (χ2v) is 8.96. The van der Waals surface area contributed by atoms with Crippen LogP contribution < -0.4 is 0 Å². The lowest BCUT2D eigenvalue weighted by Crippen LogP contribution is -1.82. The van der Waals surface area contributed by atoms with E-state index in [1.807, 2.05) is 24.3 Å². The van der Waals surface area contributed by atoms with E-state index in [-0.39, 0.29) is 11.5 Å². The Labute approximate surface area is 214 Å². The first-order chi connectivity index (χ1) is 17.5. The Bertz CT molecular complexity index is 1610. The largest absolute Gasteiger partial charge is 0.508 e. The van der Waals surface area contributed by atoms with Gasteiger partial charge in [-0.05, 0) is 60.7 Å². The first kappa shape index (κ1) is 23.3. The van der Waals surface area contributed by atoms with Crippen LogP contribution in [0.15, 0.2) is 110 Å². The molecular weight excluding hydrogens is 496 g/mol. The summed E-state index contributed by atoms with van der Waals surface area (Å²) in [5.74, 6) is 0.0337. The number of aromatic hydroxyl groups is 2. The molecule has 0 aliphatic rings. The van der Waals surface area contributed by atoms with Gasteiger partial charge in [0.15, 0.2) is 0 Å². The number of phenolic OH excluding ortho intramolecular Hbond substituents is 2. The second-order valence-electron chi connectivity index (χ2n) is 7.52. The molecule has 10 heteroatoms. The fourth-order valence-corrected chi connectivity index (χ4v) is 4.17. The van der Waals surface area contributed by atoms with Gasteiger partial charge in [0.25, 0.3) is 0 Å². The number of halogens is 1. The molecule has 0 atom stereocenters. The summed E-state index contributed by atoms with van der Waals surface area (Å²) in [4.78, 5) is 8.85. The summed E-state index contributed by atoms with van der Waals surface area (Å²) in [6.07, 6.45) is 1.46. The third kappa shape index (κ3) is 5.60. The molecule has 0 aliphatic heterocycles. The summed E-state index contributed by atoms with van der Waals surface area (Å²) in [7, 11) is 0. The lowest BCUT2D eigenvalue weighted by molar-refractivity contribution is 0.474. The van der Waals surface area contributed by atoms with E-state index < -0.39 is 0 Å². The number of aromatic nitrogens is 1. The summed E-state index contributed by atoms with van der Waals surface area (Å²) < 4.78 is 1.03. The van der Waals surface area contributed by atoms with Gasteiger partial charge in [0.05, 0.1) is 27.3 Å². The van der Waals surface area contributed by atoms with Gasteiger partial charge < -0.3 is 10.2 Å². The second kappa shape index (κ2) is 10.4. The fourth-order valence-electron chi connectivity index (χ4n) is 3.20. The average Bonchev–Trinajstić information content (AvgIpc) is 3.30. The highest BCUT2D eigenvalue weighted by atomic mass is 35.5.